The van der Waals surface area contributed by atoms with Gasteiger partial charge in [0.1, 0.15) is 0 Å². The van der Waals surface area contributed by atoms with Crippen molar-refractivity contribution < 1.29 is 9.47 Å². The minimum atomic E-state index is -0.132. The summed E-state index contributed by atoms with van der Waals surface area (Å²) in [5.41, 5.74) is 8.17. The van der Waals surface area contributed by atoms with Gasteiger partial charge in [-0.25, -0.2) is 0 Å². The highest BCUT2D eigenvalue weighted by molar-refractivity contribution is 5.21. The first-order chi connectivity index (χ1) is 7.24. The lowest BCUT2D eigenvalue weighted by atomic mass is 10.1. The zero-order valence-electron chi connectivity index (χ0n) is 8.98. The molecule has 1 fully saturated rings. The zero-order chi connectivity index (χ0) is 10.7. The minimum absolute atomic E-state index is 0.0271. The average molecular weight is 207 g/mol. The number of aryl methyl sites for hydroxylation is 1. The van der Waals surface area contributed by atoms with Gasteiger partial charge in [0.15, 0.2) is 6.29 Å². The molecule has 0 atom stereocenters. The van der Waals surface area contributed by atoms with Crippen LogP contribution in [0.3, 0.4) is 0 Å². The molecule has 0 radical (unpaired) electrons. The van der Waals surface area contributed by atoms with Crippen LogP contribution < -0.4 is 5.73 Å². The van der Waals surface area contributed by atoms with Gasteiger partial charge in [-0.1, -0.05) is 29.8 Å². The summed E-state index contributed by atoms with van der Waals surface area (Å²) in [6, 6.07) is 8.44. The Morgan fingerprint density at radius 2 is 1.80 bits per heavy atom. The zero-order valence-corrected chi connectivity index (χ0v) is 8.98. The van der Waals surface area contributed by atoms with E-state index in [9.17, 15) is 0 Å². The van der Waals surface area contributed by atoms with E-state index in [2.05, 4.69) is 31.2 Å². The molecule has 1 aromatic rings. The molecule has 1 aromatic carbocycles. The molecule has 0 aromatic heterocycles. The van der Waals surface area contributed by atoms with Gasteiger partial charge in [0, 0.05) is 6.42 Å². The molecule has 0 amide bonds. The normalized spacial score (nSPS) is 26.5. The maximum absolute atomic E-state index is 5.66. The van der Waals surface area contributed by atoms with Crippen molar-refractivity contribution >= 4 is 0 Å². The van der Waals surface area contributed by atoms with Crippen molar-refractivity contribution in [2.45, 2.75) is 25.7 Å². The summed E-state index contributed by atoms with van der Waals surface area (Å²) in [6.45, 7) is 3.27. The number of hydrogen-bond acceptors (Lipinski definition) is 3. The summed E-state index contributed by atoms with van der Waals surface area (Å²) in [5.74, 6) is 0. The maximum Gasteiger partial charge on any atom is 0.161 e. The van der Waals surface area contributed by atoms with Crippen LogP contribution in [0, 0.1) is 6.92 Å². The smallest absolute Gasteiger partial charge is 0.161 e. The van der Waals surface area contributed by atoms with Gasteiger partial charge < -0.3 is 15.2 Å². The van der Waals surface area contributed by atoms with Crippen LogP contribution >= 0.6 is 0 Å². The second-order valence-electron chi connectivity index (χ2n) is 4.05. The Hall–Kier alpha value is -0.900. The van der Waals surface area contributed by atoms with Crippen LogP contribution in [-0.4, -0.2) is 25.5 Å². The number of nitrogens with two attached hydrogens (primary N) is 1. The van der Waals surface area contributed by atoms with Crippen LogP contribution in [0.1, 0.15) is 11.1 Å². The Morgan fingerprint density at radius 1 is 1.20 bits per heavy atom. The van der Waals surface area contributed by atoms with Gasteiger partial charge in [0.25, 0.3) is 0 Å². The van der Waals surface area contributed by atoms with Crippen molar-refractivity contribution in [3.63, 3.8) is 0 Å². The first-order valence-electron chi connectivity index (χ1n) is 5.28. The van der Waals surface area contributed by atoms with Crippen LogP contribution in [0.2, 0.25) is 0 Å². The largest absolute Gasteiger partial charge is 0.351 e. The maximum atomic E-state index is 5.66. The Labute approximate surface area is 90.2 Å². The van der Waals surface area contributed by atoms with Gasteiger partial charge in [-0.3, -0.25) is 0 Å². The molecule has 1 heterocycles. The fraction of sp³-hybridized carbons (Fsp3) is 0.500. The van der Waals surface area contributed by atoms with E-state index in [0.717, 1.165) is 6.42 Å². The predicted molar refractivity (Wildman–Crippen MR) is 58.6 cm³/mol. The lowest BCUT2D eigenvalue weighted by Crippen LogP contribution is -2.41. The van der Waals surface area contributed by atoms with Gasteiger partial charge in [0.05, 0.1) is 19.3 Å². The van der Waals surface area contributed by atoms with Gasteiger partial charge in [-0.15, -0.1) is 0 Å². The minimum Gasteiger partial charge on any atom is -0.351 e. The highest BCUT2D eigenvalue weighted by Gasteiger charge is 2.19. The molecule has 1 saturated heterocycles. The summed E-state index contributed by atoms with van der Waals surface area (Å²) in [5, 5.41) is 0. The average Bonchev–Trinajstić information content (AvgIpc) is 2.25. The molecule has 15 heavy (non-hydrogen) atoms. The van der Waals surface area contributed by atoms with E-state index < -0.39 is 0 Å². The fourth-order valence-electron chi connectivity index (χ4n) is 1.59. The molecule has 0 aliphatic carbocycles. The van der Waals surface area contributed by atoms with Crippen LogP contribution in [0.4, 0.5) is 0 Å². The first kappa shape index (κ1) is 10.6. The molecule has 1 aliphatic rings. The standard InChI is InChI=1S/C12H17NO2/c1-9-2-4-10(5-3-9)6-12-14-7-11(13)8-15-12/h2-5,11-12H,6-8,13H2,1H3/t11-,12-. The fourth-order valence-corrected chi connectivity index (χ4v) is 1.59. The van der Waals surface area contributed by atoms with Gasteiger partial charge in [-0.2, -0.15) is 0 Å². The van der Waals surface area contributed by atoms with Crippen molar-refractivity contribution in [3.8, 4) is 0 Å². The summed E-state index contributed by atoms with van der Waals surface area (Å²) in [6.07, 6.45) is 0.667. The van der Waals surface area contributed by atoms with E-state index in [0.29, 0.717) is 13.2 Å². The highest BCUT2D eigenvalue weighted by Crippen LogP contribution is 2.12. The molecule has 0 spiro atoms. The van der Waals surface area contributed by atoms with E-state index in [-0.39, 0.29) is 12.3 Å². The van der Waals surface area contributed by atoms with Crippen LogP contribution in [0.5, 0.6) is 0 Å². The van der Waals surface area contributed by atoms with Crippen LogP contribution in [0.15, 0.2) is 24.3 Å². The van der Waals surface area contributed by atoms with Crippen molar-refractivity contribution in [2.75, 3.05) is 13.2 Å². The third-order valence-corrected chi connectivity index (χ3v) is 2.52. The van der Waals surface area contributed by atoms with Gasteiger partial charge in [-0.05, 0) is 12.5 Å². The SMILES string of the molecule is Cc1ccc(C[C@H]2OC[C@H](N)CO2)cc1. The Morgan fingerprint density at radius 3 is 2.40 bits per heavy atom. The number of rotatable bonds is 2. The number of hydrogen-bond donors (Lipinski definition) is 1. The lowest BCUT2D eigenvalue weighted by molar-refractivity contribution is -0.183. The molecule has 3 heteroatoms. The van der Waals surface area contributed by atoms with E-state index in [1.54, 1.807) is 0 Å². The topological polar surface area (TPSA) is 44.5 Å². The van der Waals surface area contributed by atoms with Gasteiger partial charge in [0.2, 0.25) is 0 Å². The van der Waals surface area contributed by atoms with Crippen LogP contribution in [-0.2, 0) is 15.9 Å². The Balaban J connectivity index is 1.89. The second-order valence-corrected chi connectivity index (χ2v) is 4.05. The van der Waals surface area contributed by atoms with Crippen molar-refractivity contribution in [3.05, 3.63) is 35.4 Å². The number of ether oxygens (including phenoxy) is 2. The van der Waals surface area contributed by atoms with Crippen molar-refractivity contribution in [1.29, 1.82) is 0 Å². The molecule has 0 bridgehead atoms. The second kappa shape index (κ2) is 4.75. The van der Waals surface area contributed by atoms with Crippen molar-refractivity contribution in [2.24, 2.45) is 5.73 Å². The molecule has 1 aliphatic heterocycles. The quantitative estimate of drug-likeness (QED) is 0.793. The van der Waals surface area contributed by atoms with E-state index >= 15 is 0 Å². The Kier molecular flexibility index (Phi) is 3.36. The highest BCUT2D eigenvalue weighted by atomic mass is 16.7. The summed E-state index contributed by atoms with van der Waals surface area (Å²) >= 11 is 0. The van der Waals surface area contributed by atoms with Crippen molar-refractivity contribution in [1.82, 2.24) is 0 Å². The molecular formula is C12H17NO2. The predicted octanol–water partition coefficient (Wildman–Crippen LogP) is 1.24. The Bertz CT molecular complexity index is 302. The molecule has 82 valence electrons. The molecule has 0 unspecified atom stereocenters. The summed E-state index contributed by atoms with van der Waals surface area (Å²) < 4.78 is 11.0. The third kappa shape index (κ3) is 3.02. The molecule has 0 saturated carbocycles. The van der Waals surface area contributed by atoms with Gasteiger partial charge >= 0.3 is 0 Å². The summed E-state index contributed by atoms with van der Waals surface area (Å²) in [4.78, 5) is 0. The van der Waals surface area contributed by atoms with E-state index in [4.69, 9.17) is 15.2 Å². The van der Waals surface area contributed by atoms with E-state index in [1.807, 2.05) is 0 Å². The monoisotopic (exact) mass is 207 g/mol. The number of benzene rings is 1. The third-order valence-electron chi connectivity index (χ3n) is 2.52. The molecule has 3 nitrogen and oxygen atoms in total. The van der Waals surface area contributed by atoms with E-state index in [1.165, 1.54) is 11.1 Å². The molecule has 2 N–H and O–H groups in total. The molecular weight excluding hydrogens is 190 g/mol. The van der Waals surface area contributed by atoms with Crippen LogP contribution in [0.25, 0.3) is 0 Å². The molecule has 2 rings (SSSR count). The first-order valence-corrected chi connectivity index (χ1v) is 5.28. The summed E-state index contributed by atoms with van der Waals surface area (Å²) in [7, 11) is 0. The lowest BCUT2D eigenvalue weighted by Gasteiger charge is -2.27.